The quantitative estimate of drug-likeness (QED) is 0.654. The van der Waals surface area contributed by atoms with Gasteiger partial charge in [0.1, 0.15) is 0 Å². The SMILES string of the molecule is CNc1cc(N(C)CC2CCCC2)cc([N+](=O)[O-])c1. The third kappa shape index (κ3) is 3.36. The van der Waals surface area contributed by atoms with Gasteiger partial charge in [-0.15, -0.1) is 0 Å². The first-order valence-corrected chi connectivity index (χ1v) is 6.78. The summed E-state index contributed by atoms with van der Waals surface area (Å²) in [5.41, 5.74) is 1.83. The first kappa shape index (κ1) is 13.6. The second kappa shape index (κ2) is 5.91. The van der Waals surface area contributed by atoms with Crippen molar-refractivity contribution in [1.29, 1.82) is 0 Å². The molecule has 1 aromatic rings. The number of rotatable bonds is 5. The predicted octanol–water partition coefficient (Wildman–Crippen LogP) is 3.26. The van der Waals surface area contributed by atoms with E-state index in [0.29, 0.717) is 0 Å². The van der Waals surface area contributed by atoms with Crippen molar-refractivity contribution >= 4 is 17.1 Å². The van der Waals surface area contributed by atoms with Gasteiger partial charge in [-0.1, -0.05) is 12.8 Å². The highest BCUT2D eigenvalue weighted by Gasteiger charge is 2.18. The Kier molecular flexibility index (Phi) is 4.24. The summed E-state index contributed by atoms with van der Waals surface area (Å²) < 4.78 is 0. The summed E-state index contributed by atoms with van der Waals surface area (Å²) in [6.07, 6.45) is 5.18. The van der Waals surface area contributed by atoms with E-state index in [4.69, 9.17) is 0 Å². The van der Waals surface area contributed by atoms with Crippen LogP contribution in [0.4, 0.5) is 17.1 Å². The standard InChI is InChI=1S/C14H21N3O2/c1-15-12-7-13(9-14(8-12)17(18)19)16(2)10-11-5-3-4-6-11/h7-9,11,15H,3-6,10H2,1-2H3. The molecule has 2 rings (SSSR count). The molecule has 1 saturated carbocycles. The van der Waals surface area contributed by atoms with Gasteiger partial charge in [0, 0.05) is 44.1 Å². The molecule has 0 aliphatic heterocycles. The molecule has 0 atom stereocenters. The molecule has 0 unspecified atom stereocenters. The Balaban J connectivity index is 2.17. The zero-order chi connectivity index (χ0) is 13.8. The van der Waals surface area contributed by atoms with E-state index in [1.54, 1.807) is 19.2 Å². The molecule has 1 aliphatic carbocycles. The van der Waals surface area contributed by atoms with E-state index < -0.39 is 0 Å². The number of hydrogen-bond acceptors (Lipinski definition) is 4. The maximum atomic E-state index is 10.9. The fourth-order valence-corrected chi connectivity index (χ4v) is 2.75. The van der Waals surface area contributed by atoms with Gasteiger partial charge in [-0.2, -0.15) is 0 Å². The third-order valence-corrected chi connectivity index (χ3v) is 3.85. The largest absolute Gasteiger partial charge is 0.388 e. The van der Waals surface area contributed by atoms with Crippen LogP contribution >= 0.6 is 0 Å². The van der Waals surface area contributed by atoms with Crippen molar-refractivity contribution in [2.45, 2.75) is 25.7 Å². The second-order valence-corrected chi connectivity index (χ2v) is 5.28. The molecule has 0 spiro atoms. The van der Waals surface area contributed by atoms with E-state index in [2.05, 4.69) is 10.2 Å². The Morgan fingerprint density at radius 3 is 2.63 bits per heavy atom. The average molecular weight is 263 g/mol. The van der Waals surface area contributed by atoms with Crippen molar-refractivity contribution in [3.63, 3.8) is 0 Å². The number of nitro benzene ring substituents is 1. The van der Waals surface area contributed by atoms with E-state index in [1.807, 2.05) is 13.1 Å². The van der Waals surface area contributed by atoms with Crippen LogP contribution in [0, 0.1) is 16.0 Å². The smallest absolute Gasteiger partial charge is 0.273 e. The maximum Gasteiger partial charge on any atom is 0.273 e. The first-order valence-electron chi connectivity index (χ1n) is 6.78. The van der Waals surface area contributed by atoms with Gasteiger partial charge in [0.2, 0.25) is 0 Å². The van der Waals surface area contributed by atoms with Gasteiger partial charge in [0.25, 0.3) is 5.69 Å². The minimum absolute atomic E-state index is 0.139. The number of benzene rings is 1. The molecule has 0 amide bonds. The lowest BCUT2D eigenvalue weighted by Gasteiger charge is -2.23. The monoisotopic (exact) mass is 263 g/mol. The minimum atomic E-state index is -0.340. The summed E-state index contributed by atoms with van der Waals surface area (Å²) in [5, 5.41) is 13.9. The number of nitrogens with one attached hydrogen (secondary N) is 1. The van der Waals surface area contributed by atoms with Gasteiger partial charge in [0.05, 0.1) is 4.92 Å². The highest BCUT2D eigenvalue weighted by Crippen LogP contribution is 2.30. The van der Waals surface area contributed by atoms with Crippen LogP contribution in [-0.2, 0) is 0 Å². The maximum absolute atomic E-state index is 10.9. The molecular formula is C14H21N3O2. The zero-order valence-corrected chi connectivity index (χ0v) is 11.6. The minimum Gasteiger partial charge on any atom is -0.388 e. The average Bonchev–Trinajstić information content (AvgIpc) is 2.90. The highest BCUT2D eigenvalue weighted by molar-refractivity contribution is 5.64. The predicted molar refractivity (Wildman–Crippen MR) is 77.9 cm³/mol. The van der Waals surface area contributed by atoms with Crippen LogP contribution in [0.15, 0.2) is 18.2 Å². The lowest BCUT2D eigenvalue weighted by Crippen LogP contribution is -2.24. The Labute approximate surface area is 113 Å². The summed E-state index contributed by atoms with van der Waals surface area (Å²) in [6, 6.07) is 5.17. The van der Waals surface area contributed by atoms with Gasteiger partial charge in [-0.3, -0.25) is 10.1 Å². The summed E-state index contributed by atoms with van der Waals surface area (Å²) in [6.45, 7) is 0.977. The molecule has 104 valence electrons. The summed E-state index contributed by atoms with van der Waals surface area (Å²) >= 11 is 0. The van der Waals surface area contributed by atoms with Gasteiger partial charge >= 0.3 is 0 Å². The Bertz CT molecular complexity index is 456. The van der Waals surface area contributed by atoms with Crippen LogP contribution in [0.1, 0.15) is 25.7 Å². The van der Waals surface area contributed by atoms with Gasteiger partial charge in [-0.05, 0) is 24.8 Å². The number of hydrogen-bond donors (Lipinski definition) is 1. The van der Waals surface area contributed by atoms with E-state index >= 15 is 0 Å². The van der Waals surface area contributed by atoms with Gasteiger partial charge in [-0.25, -0.2) is 0 Å². The molecule has 1 aliphatic rings. The summed E-state index contributed by atoms with van der Waals surface area (Å²) in [4.78, 5) is 12.7. The molecule has 1 N–H and O–H groups in total. The lowest BCUT2D eigenvalue weighted by atomic mass is 10.1. The fourth-order valence-electron chi connectivity index (χ4n) is 2.75. The molecule has 1 aromatic carbocycles. The van der Waals surface area contributed by atoms with Crippen molar-refractivity contribution < 1.29 is 4.92 Å². The van der Waals surface area contributed by atoms with Gasteiger partial charge < -0.3 is 10.2 Å². The van der Waals surface area contributed by atoms with Crippen molar-refractivity contribution in [3.8, 4) is 0 Å². The Morgan fingerprint density at radius 2 is 2.05 bits per heavy atom. The summed E-state index contributed by atoms with van der Waals surface area (Å²) in [7, 11) is 3.79. The number of non-ortho nitro benzene ring substituents is 1. The molecule has 0 radical (unpaired) electrons. The van der Waals surface area contributed by atoms with Crippen LogP contribution in [0.25, 0.3) is 0 Å². The van der Waals surface area contributed by atoms with Crippen molar-refractivity contribution in [2.75, 3.05) is 30.9 Å². The van der Waals surface area contributed by atoms with Crippen LogP contribution in [-0.4, -0.2) is 25.6 Å². The zero-order valence-electron chi connectivity index (χ0n) is 11.6. The third-order valence-electron chi connectivity index (χ3n) is 3.85. The molecular weight excluding hydrogens is 242 g/mol. The lowest BCUT2D eigenvalue weighted by molar-refractivity contribution is -0.384. The number of anilines is 2. The van der Waals surface area contributed by atoms with Crippen LogP contribution in [0.3, 0.4) is 0 Å². The normalized spacial score (nSPS) is 15.5. The van der Waals surface area contributed by atoms with Crippen LogP contribution in [0.5, 0.6) is 0 Å². The molecule has 0 saturated heterocycles. The molecule has 0 heterocycles. The van der Waals surface area contributed by atoms with Crippen LogP contribution < -0.4 is 10.2 Å². The van der Waals surface area contributed by atoms with Gasteiger partial charge in [0.15, 0.2) is 0 Å². The van der Waals surface area contributed by atoms with Crippen LogP contribution in [0.2, 0.25) is 0 Å². The molecule has 19 heavy (non-hydrogen) atoms. The second-order valence-electron chi connectivity index (χ2n) is 5.28. The van der Waals surface area contributed by atoms with E-state index in [9.17, 15) is 10.1 Å². The van der Waals surface area contributed by atoms with E-state index in [1.165, 1.54) is 25.7 Å². The topological polar surface area (TPSA) is 58.4 Å². The number of nitrogens with zero attached hydrogens (tertiary/aromatic N) is 2. The molecule has 0 bridgehead atoms. The highest BCUT2D eigenvalue weighted by atomic mass is 16.6. The number of nitro groups is 1. The molecule has 5 heteroatoms. The van der Waals surface area contributed by atoms with E-state index in [0.717, 1.165) is 23.8 Å². The molecule has 0 aromatic heterocycles. The van der Waals surface area contributed by atoms with Crippen molar-refractivity contribution in [2.24, 2.45) is 5.92 Å². The Hall–Kier alpha value is -1.78. The fraction of sp³-hybridized carbons (Fsp3) is 0.571. The molecule has 5 nitrogen and oxygen atoms in total. The molecule has 1 fully saturated rings. The first-order chi connectivity index (χ1) is 9.10. The Morgan fingerprint density at radius 1 is 1.37 bits per heavy atom. The van der Waals surface area contributed by atoms with E-state index in [-0.39, 0.29) is 10.6 Å². The van der Waals surface area contributed by atoms with Crippen molar-refractivity contribution in [1.82, 2.24) is 0 Å². The summed E-state index contributed by atoms with van der Waals surface area (Å²) in [5.74, 6) is 0.724. The van der Waals surface area contributed by atoms with Crippen molar-refractivity contribution in [3.05, 3.63) is 28.3 Å².